The van der Waals surface area contributed by atoms with Gasteiger partial charge >= 0.3 is 0 Å². The van der Waals surface area contributed by atoms with Crippen LogP contribution in [-0.2, 0) is 4.79 Å². The van der Waals surface area contributed by atoms with Crippen molar-refractivity contribution in [2.45, 2.75) is 0 Å². The van der Waals surface area contributed by atoms with Crippen LogP contribution in [0.1, 0.15) is 5.56 Å². The Morgan fingerprint density at radius 2 is 2.28 bits per heavy atom. The fourth-order valence-electron chi connectivity index (χ4n) is 1.43. The van der Waals surface area contributed by atoms with Crippen LogP contribution < -0.4 is 11.1 Å². The molecule has 1 heterocycles. The highest BCUT2D eigenvalue weighted by Gasteiger charge is 2.09. The lowest BCUT2D eigenvalue weighted by Crippen LogP contribution is -2.21. The van der Waals surface area contributed by atoms with E-state index in [4.69, 9.17) is 11.0 Å². The smallest absolute Gasteiger partial charge is 0.239 e. The Morgan fingerprint density at radius 3 is 3.00 bits per heavy atom. The van der Waals surface area contributed by atoms with Crippen LogP contribution in [0.15, 0.2) is 29.6 Å². The summed E-state index contributed by atoms with van der Waals surface area (Å²) < 4.78 is 0. The minimum atomic E-state index is -0.288. The minimum absolute atomic E-state index is 0.0797. The van der Waals surface area contributed by atoms with Gasteiger partial charge in [0, 0.05) is 10.9 Å². The molecule has 1 aromatic carbocycles. The minimum Gasteiger partial charge on any atom is -0.322 e. The maximum absolute atomic E-state index is 11.1. The first-order valence-corrected chi connectivity index (χ1v) is 6.07. The Labute approximate surface area is 108 Å². The molecular weight excluding hydrogens is 248 g/mol. The summed E-state index contributed by atoms with van der Waals surface area (Å²) in [5, 5.41) is 13.9. The van der Waals surface area contributed by atoms with E-state index in [0.717, 1.165) is 5.56 Å². The Hall–Kier alpha value is -2.23. The number of hydrogen-bond donors (Lipinski definition) is 2. The highest BCUT2D eigenvalue weighted by atomic mass is 32.1. The van der Waals surface area contributed by atoms with E-state index < -0.39 is 0 Å². The second-order valence-electron chi connectivity index (χ2n) is 3.45. The van der Waals surface area contributed by atoms with Crippen LogP contribution in [-0.4, -0.2) is 17.4 Å². The number of carbonyl (C=O) groups is 1. The number of nitrogens with zero attached hydrogens (tertiary/aromatic N) is 2. The fourth-order valence-corrected chi connectivity index (χ4v) is 2.16. The van der Waals surface area contributed by atoms with Crippen LogP contribution in [0.25, 0.3) is 11.3 Å². The van der Waals surface area contributed by atoms with E-state index in [1.807, 2.05) is 12.1 Å². The van der Waals surface area contributed by atoms with Crippen LogP contribution >= 0.6 is 11.3 Å². The summed E-state index contributed by atoms with van der Waals surface area (Å²) in [6, 6.07) is 9.30. The Morgan fingerprint density at radius 1 is 1.50 bits per heavy atom. The van der Waals surface area contributed by atoms with E-state index in [1.54, 1.807) is 17.5 Å². The lowest BCUT2D eigenvalue weighted by Gasteiger charge is -1.99. The highest BCUT2D eigenvalue weighted by molar-refractivity contribution is 7.14. The molecule has 0 fully saturated rings. The molecule has 1 amide bonds. The summed E-state index contributed by atoms with van der Waals surface area (Å²) in [5.41, 5.74) is 7.19. The SMILES string of the molecule is N#Cc1ccccc1-c1csc(NC(=O)CN)n1. The maximum Gasteiger partial charge on any atom is 0.239 e. The molecule has 90 valence electrons. The van der Waals surface area contributed by atoms with Crippen molar-refractivity contribution < 1.29 is 4.79 Å². The first kappa shape index (κ1) is 12.2. The molecule has 0 aliphatic heterocycles. The quantitative estimate of drug-likeness (QED) is 0.874. The van der Waals surface area contributed by atoms with E-state index in [1.165, 1.54) is 11.3 Å². The van der Waals surface area contributed by atoms with E-state index in [9.17, 15) is 4.79 Å². The third-order valence-electron chi connectivity index (χ3n) is 2.26. The topological polar surface area (TPSA) is 91.8 Å². The number of anilines is 1. The summed E-state index contributed by atoms with van der Waals surface area (Å²) in [6.45, 7) is -0.0797. The normalized spacial score (nSPS) is 9.78. The number of nitrogens with two attached hydrogens (primary N) is 1. The molecule has 2 rings (SSSR count). The summed E-state index contributed by atoms with van der Waals surface area (Å²) in [4.78, 5) is 15.4. The van der Waals surface area contributed by atoms with Gasteiger partial charge in [0.2, 0.25) is 5.91 Å². The Balaban J connectivity index is 2.30. The zero-order chi connectivity index (χ0) is 13.0. The van der Waals surface area contributed by atoms with Gasteiger partial charge in [0.15, 0.2) is 5.13 Å². The van der Waals surface area contributed by atoms with Crippen LogP contribution in [0.2, 0.25) is 0 Å². The number of rotatable bonds is 3. The van der Waals surface area contributed by atoms with Crippen LogP contribution in [0.5, 0.6) is 0 Å². The molecule has 6 heteroatoms. The summed E-state index contributed by atoms with van der Waals surface area (Å²) in [5.74, 6) is -0.288. The van der Waals surface area contributed by atoms with Gasteiger partial charge in [-0.25, -0.2) is 4.98 Å². The number of benzene rings is 1. The van der Waals surface area contributed by atoms with Gasteiger partial charge < -0.3 is 11.1 Å². The standard InChI is InChI=1S/C12H10N4OS/c13-5-8-3-1-2-4-9(8)10-7-18-12(15-10)16-11(17)6-14/h1-4,7H,6,14H2,(H,15,16,17). The lowest BCUT2D eigenvalue weighted by atomic mass is 10.1. The Bertz CT molecular complexity index is 615. The van der Waals surface area contributed by atoms with Crippen molar-refractivity contribution >= 4 is 22.4 Å². The number of aromatic nitrogens is 1. The summed E-state index contributed by atoms with van der Waals surface area (Å²) in [6.07, 6.45) is 0. The average Bonchev–Trinajstić information content (AvgIpc) is 2.86. The van der Waals surface area contributed by atoms with Crippen molar-refractivity contribution in [3.8, 4) is 17.3 Å². The molecule has 2 aromatic rings. The molecule has 3 N–H and O–H groups in total. The van der Waals surface area contributed by atoms with Crippen molar-refractivity contribution in [1.82, 2.24) is 4.98 Å². The molecule has 0 atom stereocenters. The van der Waals surface area contributed by atoms with Gasteiger partial charge in [-0.15, -0.1) is 11.3 Å². The largest absolute Gasteiger partial charge is 0.322 e. The summed E-state index contributed by atoms with van der Waals surface area (Å²) in [7, 11) is 0. The molecule has 0 saturated carbocycles. The predicted octanol–water partition coefficient (Wildman–Crippen LogP) is 1.58. The monoisotopic (exact) mass is 258 g/mol. The highest BCUT2D eigenvalue weighted by Crippen LogP contribution is 2.27. The molecule has 5 nitrogen and oxygen atoms in total. The van der Waals surface area contributed by atoms with Gasteiger partial charge in [-0.3, -0.25) is 4.79 Å². The van der Waals surface area contributed by atoms with Gasteiger partial charge in [-0.1, -0.05) is 18.2 Å². The van der Waals surface area contributed by atoms with Crippen molar-refractivity contribution in [3.63, 3.8) is 0 Å². The number of amides is 1. The van der Waals surface area contributed by atoms with Crippen molar-refractivity contribution in [2.24, 2.45) is 5.73 Å². The third kappa shape index (κ3) is 2.53. The summed E-state index contributed by atoms with van der Waals surface area (Å²) >= 11 is 1.30. The van der Waals surface area contributed by atoms with E-state index in [-0.39, 0.29) is 12.5 Å². The number of thiazole rings is 1. The zero-order valence-electron chi connectivity index (χ0n) is 9.38. The van der Waals surface area contributed by atoms with Crippen LogP contribution in [0.4, 0.5) is 5.13 Å². The maximum atomic E-state index is 11.1. The molecule has 0 saturated heterocycles. The molecule has 1 aromatic heterocycles. The number of hydrogen-bond acceptors (Lipinski definition) is 5. The molecule has 0 unspecified atom stereocenters. The second kappa shape index (κ2) is 5.40. The van der Waals surface area contributed by atoms with Crippen LogP contribution in [0.3, 0.4) is 0 Å². The van der Waals surface area contributed by atoms with Crippen molar-refractivity contribution in [2.75, 3.05) is 11.9 Å². The second-order valence-corrected chi connectivity index (χ2v) is 4.31. The van der Waals surface area contributed by atoms with E-state index >= 15 is 0 Å². The molecule has 0 spiro atoms. The van der Waals surface area contributed by atoms with Crippen molar-refractivity contribution in [3.05, 3.63) is 35.2 Å². The van der Waals surface area contributed by atoms with Gasteiger partial charge in [0.1, 0.15) is 0 Å². The van der Waals surface area contributed by atoms with Crippen molar-refractivity contribution in [1.29, 1.82) is 5.26 Å². The van der Waals surface area contributed by atoms with Gasteiger partial charge in [-0.05, 0) is 6.07 Å². The van der Waals surface area contributed by atoms with E-state index in [0.29, 0.717) is 16.4 Å². The van der Waals surface area contributed by atoms with Gasteiger partial charge in [-0.2, -0.15) is 5.26 Å². The molecule has 0 radical (unpaired) electrons. The van der Waals surface area contributed by atoms with Gasteiger partial charge in [0.05, 0.1) is 23.9 Å². The first-order valence-electron chi connectivity index (χ1n) is 5.19. The lowest BCUT2D eigenvalue weighted by molar-refractivity contribution is -0.114. The predicted molar refractivity (Wildman–Crippen MR) is 69.9 cm³/mol. The molecule has 0 aliphatic carbocycles. The molecule has 0 aliphatic rings. The Kier molecular flexibility index (Phi) is 3.67. The zero-order valence-corrected chi connectivity index (χ0v) is 10.2. The number of nitriles is 1. The number of nitrogens with one attached hydrogen (secondary N) is 1. The fraction of sp³-hybridized carbons (Fsp3) is 0.0833. The average molecular weight is 258 g/mol. The molecule has 18 heavy (non-hydrogen) atoms. The van der Waals surface area contributed by atoms with Crippen LogP contribution in [0, 0.1) is 11.3 Å². The molecule has 0 bridgehead atoms. The molecular formula is C12H10N4OS. The van der Waals surface area contributed by atoms with Gasteiger partial charge in [0.25, 0.3) is 0 Å². The van der Waals surface area contributed by atoms with E-state index in [2.05, 4.69) is 16.4 Å². The third-order valence-corrected chi connectivity index (χ3v) is 3.02. The first-order chi connectivity index (χ1) is 8.74. The number of carbonyl (C=O) groups excluding carboxylic acids is 1.